The van der Waals surface area contributed by atoms with E-state index >= 15 is 0 Å². The van der Waals surface area contributed by atoms with Crippen LogP contribution in [0.1, 0.15) is 5.56 Å². The Labute approximate surface area is 82.1 Å². The largest absolute Gasteiger partial charge is 0.495 e. The van der Waals surface area contributed by atoms with E-state index in [0.717, 1.165) is 5.56 Å². The average molecular weight is 204 g/mol. The van der Waals surface area contributed by atoms with Gasteiger partial charge in [0, 0.05) is 16.0 Å². The molecule has 0 heterocycles. The molecule has 12 heavy (non-hydrogen) atoms. The summed E-state index contributed by atoms with van der Waals surface area (Å²) in [5.41, 5.74) is 7.11. The minimum Gasteiger partial charge on any atom is -0.495 e. The van der Waals surface area contributed by atoms with Crippen LogP contribution in [-0.2, 0) is 0 Å². The Bertz CT molecular complexity index is 314. The molecule has 1 rings (SSSR count). The summed E-state index contributed by atoms with van der Waals surface area (Å²) < 4.78 is 5.00. The van der Waals surface area contributed by atoms with E-state index in [1.54, 1.807) is 13.2 Å². The van der Waals surface area contributed by atoms with Crippen molar-refractivity contribution in [3.8, 4) is 5.75 Å². The van der Waals surface area contributed by atoms with Crippen molar-refractivity contribution in [1.82, 2.24) is 0 Å². The summed E-state index contributed by atoms with van der Waals surface area (Å²) in [4.78, 5) is 0.680. The van der Waals surface area contributed by atoms with Crippen LogP contribution < -0.4 is 10.5 Å². The second-order valence-corrected chi connectivity index (χ2v) is 3.30. The molecule has 2 N–H and O–H groups in total. The SMILES string of the molecule is COc1cc(Cl)c(C)c(S)c1N. The third kappa shape index (κ3) is 1.47. The smallest absolute Gasteiger partial charge is 0.144 e. The van der Waals surface area contributed by atoms with Crippen LogP contribution in [0.4, 0.5) is 5.69 Å². The van der Waals surface area contributed by atoms with Crippen molar-refractivity contribution in [2.45, 2.75) is 11.8 Å². The van der Waals surface area contributed by atoms with Crippen LogP contribution in [0.3, 0.4) is 0 Å². The normalized spacial score (nSPS) is 10.0. The van der Waals surface area contributed by atoms with Crippen LogP contribution in [0.15, 0.2) is 11.0 Å². The number of nitrogen functional groups attached to an aromatic ring is 1. The van der Waals surface area contributed by atoms with Gasteiger partial charge in [-0.25, -0.2) is 0 Å². The van der Waals surface area contributed by atoms with E-state index in [-0.39, 0.29) is 0 Å². The van der Waals surface area contributed by atoms with Gasteiger partial charge in [-0.2, -0.15) is 0 Å². The van der Waals surface area contributed by atoms with Crippen LogP contribution in [0.25, 0.3) is 0 Å². The second-order valence-electron chi connectivity index (χ2n) is 2.45. The molecule has 0 fully saturated rings. The van der Waals surface area contributed by atoms with Crippen LogP contribution >= 0.6 is 24.2 Å². The molecule has 0 aliphatic heterocycles. The summed E-state index contributed by atoms with van der Waals surface area (Å²) in [6.45, 7) is 1.86. The van der Waals surface area contributed by atoms with Crippen molar-refractivity contribution < 1.29 is 4.74 Å². The molecule has 0 aromatic heterocycles. The van der Waals surface area contributed by atoms with E-state index in [2.05, 4.69) is 12.6 Å². The molecular weight excluding hydrogens is 194 g/mol. The third-order valence-electron chi connectivity index (χ3n) is 1.71. The number of methoxy groups -OCH3 is 1. The maximum Gasteiger partial charge on any atom is 0.144 e. The first-order valence-electron chi connectivity index (χ1n) is 3.39. The molecule has 0 radical (unpaired) electrons. The molecule has 0 saturated heterocycles. The number of thiol groups is 1. The van der Waals surface area contributed by atoms with Gasteiger partial charge in [0.1, 0.15) is 5.75 Å². The van der Waals surface area contributed by atoms with E-state index in [4.69, 9.17) is 22.1 Å². The summed E-state index contributed by atoms with van der Waals surface area (Å²) in [7, 11) is 1.55. The lowest BCUT2D eigenvalue weighted by Crippen LogP contribution is -1.95. The monoisotopic (exact) mass is 203 g/mol. The van der Waals surface area contributed by atoms with E-state index in [0.29, 0.717) is 21.4 Å². The topological polar surface area (TPSA) is 35.2 Å². The molecule has 0 aliphatic carbocycles. The zero-order chi connectivity index (χ0) is 9.30. The zero-order valence-corrected chi connectivity index (χ0v) is 8.54. The summed E-state index contributed by atoms with van der Waals surface area (Å²) in [6, 6.07) is 1.69. The van der Waals surface area contributed by atoms with Gasteiger partial charge < -0.3 is 10.5 Å². The fraction of sp³-hybridized carbons (Fsp3) is 0.250. The van der Waals surface area contributed by atoms with Gasteiger partial charge in [-0.3, -0.25) is 0 Å². The minimum atomic E-state index is 0.530. The van der Waals surface area contributed by atoms with Crippen LogP contribution in [0.5, 0.6) is 5.75 Å². The molecule has 0 spiro atoms. The van der Waals surface area contributed by atoms with Crippen molar-refractivity contribution >= 4 is 29.9 Å². The number of halogens is 1. The molecule has 0 unspecified atom stereocenters. The third-order valence-corrected chi connectivity index (χ3v) is 2.68. The van der Waals surface area contributed by atoms with Crippen molar-refractivity contribution in [2.24, 2.45) is 0 Å². The Morgan fingerprint density at radius 1 is 1.58 bits per heavy atom. The highest BCUT2D eigenvalue weighted by Gasteiger charge is 2.09. The minimum absolute atomic E-state index is 0.530. The highest BCUT2D eigenvalue weighted by molar-refractivity contribution is 7.80. The lowest BCUT2D eigenvalue weighted by Gasteiger charge is -2.10. The quantitative estimate of drug-likeness (QED) is 0.544. The Morgan fingerprint density at radius 2 is 2.17 bits per heavy atom. The van der Waals surface area contributed by atoms with Crippen molar-refractivity contribution in [1.29, 1.82) is 0 Å². The van der Waals surface area contributed by atoms with Crippen molar-refractivity contribution in [3.05, 3.63) is 16.7 Å². The summed E-state index contributed by atoms with van der Waals surface area (Å²) in [5, 5.41) is 0.617. The van der Waals surface area contributed by atoms with E-state index in [1.165, 1.54) is 0 Å². The Kier molecular flexibility index (Phi) is 2.75. The number of hydrogen-bond donors (Lipinski definition) is 2. The van der Waals surface area contributed by atoms with Gasteiger partial charge in [-0.05, 0) is 12.5 Å². The number of ether oxygens (including phenoxy) is 1. The molecule has 4 heteroatoms. The lowest BCUT2D eigenvalue weighted by molar-refractivity contribution is 0.416. The number of rotatable bonds is 1. The van der Waals surface area contributed by atoms with Crippen molar-refractivity contribution in [3.63, 3.8) is 0 Å². The average Bonchev–Trinajstić information content (AvgIpc) is 2.08. The van der Waals surface area contributed by atoms with Gasteiger partial charge in [0.25, 0.3) is 0 Å². The fourth-order valence-corrected chi connectivity index (χ4v) is 1.39. The lowest BCUT2D eigenvalue weighted by atomic mass is 10.2. The zero-order valence-electron chi connectivity index (χ0n) is 6.89. The van der Waals surface area contributed by atoms with Gasteiger partial charge in [-0.15, -0.1) is 12.6 Å². The summed E-state index contributed by atoms with van der Waals surface area (Å²) in [6.07, 6.45) is 0. The molecule has 0 atom stereocenters. The molecule has 0 aliphatic rings. The molecule has 0 amide bonds. The predicted molar refractivity (Wildman–Crippen MR) is 54.4 cm³/mol. The molecule has 0 saturated carbocycles. The number of benzene rings is 1. The van der Waals surface area contributed by atoms with E-state index in [1.807, 2.05) is 6.92 Å². The van der Waals surface area contributed by atoms with Gasteiger partial charge in [0.2, 0.25) is 0 Å². The van der Waals surface area contributed by atoms with Gasteiger partial charge in [-0.1, -0.05) is 11.6 Å². The maximum atomic E-state index is 5.89. The van der Waals surface area contributed by atoms with Gasteiger partial charge >= 0.3 is 0 Å². The molecule has 2 nitrogen and oxygen atoms in total. The number of nitrogens with two attached hydrogens (primary N) is 1. The first kappa shape index (κ1) is 9.55. The predicted octanol–water partition coefficient (Wildman–Crippen LogP) is 2.53. The van der Waals surface area contributed by atoms with Gasteiger partial charge in [0.05, 0.1) is 12.8 Å². The molecule has 1 aromatic carbocycles. The first-order valence-corrected chi connectivity index (χ1v) is 4.22. The highest BCUT2D eigenvalue weighted by atomic mass is 35.5. The second kappa shape index (κ2) is 3.46. The van der Waals surface area contributed by atoms with E-state index in [9.17, 15) is 0 Å². The number of hydrogen-bond acceptors (Lipinski definition) is 3. The van der Waals surface area contributed by atoms with Crippen LogP contribution in [-0.4, -0.2) is 7.11 Å². The maximum absolute atomic E-state index is 5.89. The molecular formula is C8H10ClNOS. The molecule has 1 aromatic rings. The van der Waals surface area contributed by atoms with Crippen LogP contribution in [0.2, 0.25) is 5.02 Å². The molecule has 0 bridgehead atoms. The Balaban J connectivity index is 3.39. The summed E-state index contributed by atoms with van der Waals surface area (Å²) >= 11 is 10.1. The highest BCUT2D eigenvalue weighted by Crippen LogP contribution is 2.35. The van der Waals surface area contributed by atoms with Crippen LogP contribution in [0, 0.1) is 6.92 Å². The Hall–Kier alpha value is -0.540. The molecule has 66 valence electrons. The Morgan fingerprint density at radius 3 is 2.67 bits per heavy atom. The first-order chi connectivity index (χ1) is 5.57. The van der Waals surface area contributed by atoms with Crippen molar-refractivity contribution in [2.75, 3.05) is 12.8 Å². The summed E-state index contributed by atoms with van der Waals surface area (Å²) in [5.74, 6) is 0.565. The number of anilines is 1. The standard InChI is InChI=1S/C8H10ClNOS/c1-4-5(9)3-6(11-2)7(10)8(4)12/h3,12H,10H2,1-2H3. The van der Waals surface area contributed by atoms with E-state index < -0.39 is 0 Å². The van der Waals surface area contributed by atoms with Gasteiger partial charge in [0.15, 0.2) is 0 Å². The fourth-order valence-electron chi connectivity index (χ4n) is 0.902.